The van der Waals surface area contributed by atoms with Crippen molar-refractivity contribution in [2.45, 2.75) is 58.0 Å². The van der Waals surface area contributed by atoms with Crippen LogP contribution in [0, 0.1) is 20.8 Å². The first-order chi connectivity index (χ1) is 21.1. The standard InChI is InChI=1S/C36H41N3O4S/c1-5-22-37-36(41)34(24-30-15-8-6-9-16-30)38(25-31-17-13-12-14-28(31)3)35(40)26-39(33-21-20-27(2)23-29(33)4)44(42,43)32-18-10-7-11-19-32/h6-21,23,34H,5,22,24-26H2,1-4H3,(H,37,41)/t34-/m1/s1. The molecule has 0 spiro atoms. The van der Waals surface area contributed by atoms with Gasteiger partial charge >= 0.3 is 0 Å². The molecule has 0 aliphatic heterocycles. The van der Waals surface area contributed by atoms with Crippen molar-refractivity contribution in [3.8, 4) is 0 Å². The quantitative estimate of drug-likeness (QED) is 0.202. The van der Waals surface area contributed by atoms with E-state index in [1.54, 1.807) is 24.3 Å². The molecule has 0 aliphatic rings. The summed E-state index contributed by atoms with van der Waals surface area (Å²) in [4.78, 5) is 29.9. The van der Waals surface area contributed by atoms with Gasteiger partial charge in [0, 0.05) is 19.5 Å². The van der Waals surface area contributed by atoms with Gasteiger partial charge in [0.15, 0.2) is 0 Å². The molecule has 0 saturated heterocycles. The minimum absolute atomic E-state index is 0.0831. The van der Waals surface area contributed by atoms with E-state index in [0.29, 0.717) is 12.2 Å². The van der Waals surface area contributed by atoms with Crippen LogP contribution in [0.4, 0.5) is 5.69 Å². The monoisotopic (exact) mass is 611 g/mol. The Labute approximate surface area is 261 Å². The predicted octanol–water partition coefficient (Wildman–Crippen LogP) is 5.97. The molecule has 0 fully saturated rings. The highest BCUT2D eigenvalue weighted by molar-refractivity contribution is 7.92. The van der Waals surface area contributed by atoms with Crippen molar-refractivity contribution in [3.63, 3.8) is 0 Å². The summed E-state index contributed by atoms with van der Waals surface area (Å²) < 4.78 is 29.5. The summed E-state index contributed by atoms with van der Waals surface area (Å²) in [7, 11) is -4.13. The molecule has 7 nitrogen and oxygen atoms in total. The number of carbonyl (C=O) groups excluding carboxylic acids is 2. The third-order valence-corrected chi connectivity index (χ3v) is 9.43. The number of sulfonamides is 1. The Bertz CT molecular complexity index is 1670. The first-order valence-corrected chi connectivity index (χ1v) is 16.4. The van der Waals surface area contributed by atoms with E-state index in [-0.39, 0.29) is 23.8 Å². The highest BCUT2D eigenvalue weighted by Gasteiger charge is 2.35. The molecule has 0 saturated carbocycles. The largest absolute Gasteiger partial charge is 0.354 e. The van der Waals surface area contributed by atoms with E-state index < -0.39 is 28.5 Å². The van der Waals surface area contributed by atoms with Gasteiger partial charge in [-0.05, 0) is 67.6 Å². The molecular formula is C36H41N3O4S. The summed E-state index contributed by atoms with van der Waals surface area (Å²) >= 11 is 0. The number of amides is 2. The Morgan fingerprint density at radius 1 is 0.795 bits per heavy atom. The molecule has 8 heteroatoms. The Morgan fingerprint density at radius 2 is 1.43 bits per heavy atom. The molecule has 0 unspecified atom stereocenters. The van der Waals surface area contributed by atoms with E-state index in [0.717, 1.165) is 34.2 Å². The Morgan fingerprint density at radius 3 is 2.07 bits per heavy atom. The Balaban J connectivity index is 1.82. The molecule has 230 valence electrons. The molecule has 0 heterocycles. The average Bonchev–Trinajstić information content (AvgIpc) is 3.02. The molecule has 4 rings (SSSR count). The van der Waals surface area contributed by atoms with E-state index >= 15 is 0 Å². The summed E-state index contributed by atoms with van der Waals surface area (Å²) in [5.41, 5.74) is 4.87. The van der Waals surface area contributed by atoms with Gasteiger partial charge in [0.25, 0.3) is 10.0 Å². The summed E-state index contributed by atoms with van der Waals surface area (Å²) in [6, 6.07) is 30.0. The molecule has 1 N–H and O–H groups in total. The van der Waals surface area contributed by atoms with Crippen LogP contribution < -0.4 is 9.62 Å². The smallest absolute Gasteiger partial charge is 0.264 e. The third kappa shape index (κ3) is 7.94. The van der Waals surface area contributed by atoms with E-state index in [1.165, 1.54) is 21.3 Å². The lowest BCUT2D eigenvalue weighted by Crippen LogP contribution is -2.53. The number of carbonyl (C=O) groups is 2. The normalized spacial score (nSPS) is 11.9. The lowest BCUT2D eigenvalue weighted by Gasteiger charge is -2.34. The van der Waals surface area contributed by atoms with Gasteiger partial charge in [-0.15, -0.1) is 0 Å². The first kappa shape index (κ1) is 32.5. The van der Waals surface area contributed by atoms with Crippen LogP contribution in [0.1, 0.15) is 41.2 Å². The zero-order valence-corrected chi connectivity index (χ0v) is 26.7. The maximum atomic E-state index is 14.5. The lowest BCUT2D eigenvalue weighted by molar-refractivity contribution is -0.140. The van der Waals surface area contributed by atoms with Crippen LogP contribution >= 0.6 is 0 Å². The van der Waals surface area contributed by atoms with E-state index in [1.807, 2.05) is 94.4 Å². The fourth-order valence-electron chi connectivity index (χ4n) is 5.21. The maximum Gasteiger partial charge on any atom is 0.264 e. The highest BCUT2D eigenvalue weighted by atomic mass is 32.2. The number of hydrogen-bond donors (Lipinski definition) is 1. The van der Waals surface area contributed by atoms with Crippen molar-refractivity contribution >= 4 is 27.5 Å². The van der Waals surface area contributed by atoms with Crippen LogP contribution in [0.2, 0.25) is 0 Å². The topological polar surface area (TPSA) is 86.8 Å². The van der Waals surface area contributed by atoms with Crippen LogP contribution in [0.5, 0.6) is 0 Å². The molecule has 0 radical (unpaired) electrons. The first-order valence-electron chi connectivity index (χ1n) is 14.9. The third-order valence-electron chi connectivity index (χ3n) is 7.65. The van der Waals surface area contributed by atoms with Crippen molar-refractivity contribution in [2.24, 2.45) is 0 Å². The molecule has 1 atom stereocenters. The second-order valence-corrected chi connectivity index (χ2v) is 12.9. The predicted molar refractivity (Wildman–Crippen MR) is 176 cm³/mol. The van der Waals surface area contributed by atoms with Gasteiger partial charge in [-0.1, -0.05) is 97.4 Å². The van der Waals surface area contributed by atoms with Crippen LogP contribution in [-0.2, 0) is 32.6 Å². The summed E-state index contributed by atoms with van der Waals surface area (Å²) in [5, 5.41) is 2.98. The molecule has 44 heavy (non-hydrogen) atoms. The van der Waals surface area contributed by atoms with Gasteiger partial charge in [-0.2, -0.15) is 0 Å². The second-order valence-electron chi connectivity index (χ2n) is 11.1. The van der Waals surface area contributed by atoms with E-state index in [9.17, 15) is 18.0 Å². The van der Waals surface area contributed by atoms with Crippen LogP contribution in [0.15, 0.2) is 108 Å². The summed E-state index contributed by atoms with van der Waals surface area (Å²) in [6.45, 7) is 7.84. The molecule has 4 aromatic rings. The number of nitrogens with zero attached hydrogens (tertiary/aromatic N) is 2. The van der Waals surface area contributed by atoms with Crippen molar-refractivity contribution in [1.82, 2.24) is 10.2 Å². The molecule has 4 aromatic carbocycles. The number of aryl methyl sites for hydroxylation is 3. The van der Waals surface area contributed by atoms with Gasteiger partial charge in [0.2, 0.25) is 11.8 Å². The molecular weight excluding hydrogens is 570 g/mol. The van der Waals surface area contributed by atoms with Crippen molar-refractivity contribution in [2.75, 3.05) is 17.4 Å². The highest BCUT2D eigenvalue weighted by Crippen LogP contribution is 2.28. The summed E-state index contributed by atoms with van der Waals surface area (Å²) in [5.74, 6) is -0.748. The fraction of sp³-hybridized carbons (Fsp3) is 0.278. The second kappa shape index (κ2) is 14.8. The number of nitrogens with one attached hydrogen (secondary N) is 1. The molecule has 2 amide bonds. The minimum Gasteiger partial charge on any atom is -0.354 e. The Hall–Kier alpha value is -4.43. The fourth-order valence-corrected chi connectivity index (χ4v) is 6.71. The minimum atomic E-state index is -4.13. The zero-order valence-electron chi connectivity index (χ0n) is 25.9. The number of anilines is 1. The van der Waals surface area contributed by atoms with Gasteiger partial charge in [-0.3, -0.25) is 13.9 Å². The number of benzene rings is 4. The SMILES string of the molecule is CCCNC(=O)[C@@H](Cc1ccccc1)N(Cc1ccccc1C)C(=O)CN(c1ccc(C)cc1C)S(=O)(=O)c1ccccc1. The van der Waals surface area contributed by atoms with Crippen LogP contribution in [0.25, 0.3) is 0 Å². The number of hydrogen-bond acceptors (Lipinski definition) is 4. The maximum absolute atomic E-state index is 14.5. The lowest BCUT2D eigenvalue weighted by atomic mass is 10.0. The molecule has 0 aliphatic carbocycles. The molecule has 0 aromatic heterocycles. The van der Waals surface area contributed by atoms with Crippen molar-refractivity contribution in [3.05, 3.63) is 131 Å². The Kier molecular flexibility index (Phi) is 11.0. The molecule has 0 bridgehead atoms. The average molecular weight is 612 g/mol. The van der Waals surface area contributed by atoms with Crippen LogP contribution in [-0.4, -0.2) is 44.3 Å². The van der Waals surface area contributed by atoms with Gasteiger partial charge in [0.05, 0.1) is 10.6 Å². The van der Waals surface area contributed by atoms with E-state index in [4.69, 9.17) is 0 Å². The van der Waals surface area contributed by atoms with Crippen molar-refractivity contribution < 1.29 is 18.0 Å². The van der Waals surface area contributed by atoms with Gasteiger partial charge in [0.1, 0.15) is 12.6 Å². The van der Waals surface area contributed by atoms with Crippen molar-refractivity contribution in [1.29, 1.82) is 0 Å². The summed E-state index contributed by atoms with van der Waals surface area (Å²) in [6.07, 6.45) is 1.02. The zero-order chi connectivity index (χ0) is 31.7. The van der Waals surface area contributed by atoms with Crippen LogP contribution in [0.3, 0.4) is 0 Å². The number of rotatable bonds is 13. The van der Waals surface area contributed by atoms with Gasteiger partial charge in [-0.25, -0.2) is 8.42 Å². The van der Waals surface area contributed by atoms with E-state index in [2.05, 4.69) is 5.32 Å². The van der Waals surface area contributed by atoms with Gasteiger partial charge < -0.3 is 10.2 Å².